The van der Waals surface area contributed by atoms with Crippen molar-refractivity contribution in [3.05, 3.63) is 42.5 Å². The number of halogens is 3. The molecule has 0 amide bonds. The van der Waals surface area contributed by atoms with Crippen molar-refractivity contribution in [1.82, 2.24) is 0 Å². The molecule has 1 aliphatic heterocycles. The van der Waals surface area contributed by atoms with Gasteiger partial charge in [0.2, 0.25) is 0 Å². The molecule has 4 nitrogen and oxygen atoms in total. The van der Waals surface area contributed by atoms with E-state index in [0.717, 1.165) is 11.4 Å². The summed E-state index contributed by atoms with van der Waals surface area (Å²) in [5.74, 6) is -0.241. The highest BCUT2D eigenvalue weighted by atomic mass is 19.4. The van der Waals surface area contributed by atoms with Crippen LogP contribution in [-0.2, 0) is 0 Å². The van der Waals surface area contributed by atoms with Crippen LogP contribution in [0.1, 0.15) is 13.8 Å². The Morgan fingerprint density at radius 2 is 1.88 bits per heavy atom. The lowest BCUT2D eigenvalue weighted by Gasteiger charge is -2.26. The molecule has 0 aliphatic carbocycles. The van der Waals surface area contributed by atoms with Crippen molar-refractivity contribution in [2.24, 2.45) is 0 Å². The maximum absolute atomic E-state index is 12.6. The molecule has 0 aromatic heterocycles. The standard InChI is InChI=1S/C18H19F3N2O2/c1-17(2,24)10-23-11-22-14-8-7-12(9-15(14)23)13-5-3-4-6-16(13)25-18(19,20)21/h3-9,22,24H,10-11H2,1-2H3. The van der Waals surface area contributed by atoms with Crippen LogP contribution < -0.4 is 15.0 Å². The van der Waals surface area contributed by atoms with E-state index >= 15 is 0 Å². The molecule has 134 valence electrons. The summed E-state index contributed by atoms with van der Waals surface area (Å²) in [6.07, 6.45) is -4.75. The van der Waals surface area contributed by atoms with E-state index in [1.807, 2.05) is 11.0 Å². The number of hydrogen-bond donors (Lipinski definition) is 2. The number of nitrogens with zero attached hydrogens (tertiary/aromatic N) is 1. The van der Waals surface area contributed by atoms with E-state index in [-0.39, 0.29) is 5.75 Å². The van der Waals surface area contributed by atoms with Gasteiger partial charge >= 0.3 is 6.36 Å². The monoisotopic (exact) mass is 352 g/mol. The fourth-order valence-corrected chi connectivity index (χ4v) is 2.90. The SMILES string of the molecule is CC(C)(O)CN1CNc2ccc(-c3ccccc3OC(F)(F)F)cc21. The predicted octanol–water partition coefficient (Wildman–Crippen LogP) is 4.21. The molecule has 0 bridgehead atoms. The number of hydrogen-bond acceptors (Lipinski definition) is 4. The van der Waals surface area contributed by atoms with Crippen LogP contribution in [0.15, 0.2) is 42.5 Å². The summed E-state index contributed by atoms with van der Waals surface area (Å²) in [7, 11) is 0. The van der Waals surface area contributed by atoms with E-state index < -0.39 is 12.0 Å². The molecule has 1 heterocycles. The lowest BCUT2D eigenvalue weighted by molar-refractivity contribution is -0.274. The third-order valence-corrected chi connectivity index (χ3v) is 3.80. The molecular formula is C18H19F3N2O2. The normalized spacial score (nSPS) is 14.2. The second-order valence-corrected chi connectivity index (χ2v) is 6.62. The Hall–Kier alpha value is -2.41. The largest absolute Gasteiger partial charge is 0.573 e. The first-order valence-electron chi connectivity index (χ1n) is 7.83. The Balaban J connectivity index is 1.97. The van der Waals surface area contributed by atoms with Gasteiger partial charge in [-0.05, 0) is 37.6 Å². The van der Waals surface area contributed by atoms with Gasteiger partial charge in [-0.2, -0.15) is 0 Å². The molecule has 0 radical (unpaired) electrons. The molecule has 0 unspecified atom stereocenters. The maximum atomic E-state index is 12.6. The van der Waals surface area contributed by atoms with E-state index in [9.17, 15) is 18.3 Å². The summed E-state index contributed by atoms with van der Waals surface area (Å²) in [5.41, 5.74) is 1.79. The fourth-order valence-electron chi connectivity index (χ4n) is 2.90. The van der Waals surface area contributed by atoms with Gasteiger partial charge in [0.15, 0.2) is 0 Å². The minimum absolute atomic E-state index is 0.241. The van der Waals surface area contributed by atoms with Gasteiger partial charge in [0.05, 0.1) is 23.6 Å². The van der Waals surface area contributed by atoms with E-state index in [4.69, 9.17) is 0 Å². The molecule has 7 heteroatoms. The van der Waals surface area contributed by atoms with Gasteiger partial charge in [0.25, 0.3) is 0 Å². The highest BCUT2D eigenvalue weighted by Gasteiger charge is 2.32. The smallest absolute Gasteiger partial charge is 0.405 e. The van der Waals surface area contributed by atoms with Crippen molar-refractivity contribution in [2.75, 3.05) is 23.4 Å². The van der Waals surface area contributed by atoms with Gasteiger partial charge < -0.3 is 20.1 Å². The van der Waals surface area contributed by atoms with Crippen molar-refractivity contribution in [3.8, 4) is 16.9 Å². The van der Waals surface area contributed by atoms with E-state index in [2.05, 4.69) is 10.1 Å². The minimum atomic E-state index is -4.75. The molecule has 0 fully saturated rings. The second kappa shape index (κ2) is 6.15. The molecular weight excluding hydrogens is 333 g/mol. The van der Waals surface area contributed by atoms with E-state index in [0.29, 0.717) is 24.3 Å². The average Bonchev–Trinajstić information content (AvgIpc) is 2.87. The summed E-state index contributed by atoms with van der Waals surface area (Å²) in [5, 5.41) is 13.3. The van der Waals surface area contributed by atoms with Crippen LogP contribution in [0.2, 0.25) is 0 Å². The van der Waals surface area contributed by atoms with Gasteiger partial charge in [-0.15, -0.1) is 13.2 Å². The lowest BCUT2D eigenvalue weighted by atomic mass is 10.0. The Kier molecular flexibility index (Phi) is 4.28. The van der Waals surface area contributed by atoms with Crippen LogP contribution in [0.25, 0.3) is 11.1 Å². The molecule has 3 rings (SSSR count). The number of anilines is 2. The number of fused-ring (bicyclic) bond motifs is 1. The zero-order chi connectivity index (χ0) is 18.2. The summed E-state index contributed by atoms with van der Waals surface area (Å²) < 4.78 is 42.1. The lowest BCUT2D eigenvalue weighted by Crippen LogP contribution is -2.38. The second-order valence-electron chi connectivity index (χ2n) is 6.62. The number of aliphatic hydroxyl groups is 1. The quantitative estimate of drug-likeness (QED) is 0.865. The Labute approximate surface area is 143 Å². The number of para-hydroxylation sites is 1. The van der Waals surface area contributed by atoms with Crippen LogP contribution in [-0.4, -0.2) is 30.3 Å². The van der Waals surface area contributed by atoms with Crippen LogP contribution in [0, 0.1) is 0 Å². The van der Waals surface area contributed by atoms with Crippen molar-refractivity contribution in [1.29, 1.82) is 0 Å². The zero-order valence-electron chi connectivity index (χ0n) is 13.9. The molecule has 0 spiro atoms. The first-order valence-corrected chi connectivity index (χ1v) is 7.83. The molecule has 2 aromatic rings. The Bertz CT molecular complexity index is 770. The van der Waals surface area contributed by atoms with Crippen molar-refractivity contribution >= 4 is 11.4 Å². The highest BCUT2D eigenvalue weighted by Crippen LogP contribution is 2.39. The van der Waals surface area contributed by atoms with E-state index in [1.54, 1.807) is 38.1 Å². The third-order valence-electron chi connectivity index (χ3n) is 3.80. The van der Waals surface area contributed by atoms with E-state index in [1.165, 1.54) is 12.1 Å². The van der Waals surface area contributed by atoms with Crippen molar-refractivity contribution in [3.63, 3.8) is 0 Å². The Morgan fingerprint density at radius 3 is 2.56 bits per heavy atom. The molecule has 0 atom stereocenters. The van der Waals surface area contributed by atoms with Crippen LogP contribution in [0.3, 0.4) is 0 Å². The number of β-amino-alcohol motifs (C(OH)–C–C–N with tert-alkyl or cyclic N) is 1. The summed E-state index contributed by atoms with van der Waals surface area (Å²) in [4.78, 5) is 1.95. The van der Waals surface area contributed by atoms with Gasteiger partial charge in [0.1, 0.15) is 5.75 Å². The number of benzene rings is 2. The van der Waals surface area contributed by atoms with Crippen molar-refractivity contribution in [2.45, 2.75) is 25.8 Å². The number of ether oxygens (including phenoxy) is 1. The summed E-state index contributed by atoms with van der Waals surface area (Å²) >= 11 is 0. The number of rotatable bonds is 4. The molecule has 2 aromatic carbocycles. The molecule has 25 heavy (non-hydrogen) atoms. The van der Waals surface area contributed by atoms with Crippen molar-refractivity contribution < 1.29 is 23.0 Å². The summed E-state index contributed by atoms with van der Waals surface area (Å²) in [6.45, 7) is 4.35. The Morgan fingerprint density at radius 1 is 1.16 bits per heavy atom. The topological polar surface area (TPSA) is 44.7 Å². The minimum Gasteiger partial charge on any atom is -0.405 e. The fraction of sp³-hybridized carbons (Fsp3) is 0.333. The first-order chi connectivity index (χ1) is 11.6. The van der Waals surface area contributed by atoms with Gasteiger partial charge in [-0.1, -0.05) is 24.3 Å². The third kappa shape index (κ3) is 4.17. The van der Waals surface area contributed by atoms with Crippen LogP contribution in [0.5, 0.6) is 5.75 Å². The summed E-state index contributed by atoms with van der Waals surface area (Å²) in [6, 6.07) is 11.4. The number of alkyl halides is 3. The van der Waals surface area contributed by atoms with Gasteiger partial charge in [0, 0.05) is 12.1 Å². The molecule has 2 N–H and O–H groups in total. The molecule has 0 saturated carbocycles. The zero-order valence-corrected chi connectivity index (χ0v) is 13.9. The average molecular weight is 352 g/mol. The predicted molar refractivity (Wildman–Crippen MR) is 90.7 cm³/mol. The van der Waals surface area contributed by atoms with Crippen LogP contribution >= 0.6 is 0 Å². The maximum Gasteiger partial charge on any atom is 0.573 e. The molecule has 1 aliphatic rings. The molecule has 0 saturated heterocycles. The number of nitrogens with one attached hydrogen (secondary N) is 1. The van der Waals surface area contributed by atoms with Gasteiger partial charge in [-0.3, -0.25) is 0 Å². The highest BCUT2D eigenvalue weighted by molar-refractivity contribution is 5.83. The van der Waals surface area contributed by atoms with Crippen LogP contribution in [0.4, 0.5) is 24.5 Å². The first kappa shape index (κ1) is 17.4. The van der Waals surface area contributed by atoms with Gasteiger partial charge in [-0.25, -0.2) is 0 Å².